The Bertz CT molecular complexity index is 553. The minimum absolute atomic E-state index is 0.485. The number of hydrogen-bond acceptors (Lipinski definition) is 3. The number of thioether (sulfide) groups is 1. The summed E-state index contributed by atoms with van der Waals surface area (Å²) in [5.74, 6) is 0.909. The molecule has 0 bridgehead atoms. The SMILES string of the molecule is COc1ccc(SC2CCCc3cccnc32)cc1. The van der Waals surface area contributed by atoms with Gasteiger partial charge in [-0.2, -0.15) is 0 Å². The highest BCUT2D eigenvalue weighted by molar-refractivity contribution is 7.99. The van der Waals surface area contributed by atoms with Crippen LogP contribution in [0.1, 0.15) is 29.3 Å². The van der Waals surface area contributed by atoms with Gasteiger partial charge in [-0.3, -0.25) is 4.98 Å². The fraction of sp³-hybridized carbons (Fsp3) is 0.312. The van der Waals surface area contributed by atoms with Crippen LogP contribution in [0, 0.1) is 0 Å². The van der Waals surface area contributed by atoms with Crippen LogP contribution in [0.5, 0.6) is 5.75 Å². The van der Waals surface area contributed by atoms with Crippen molar-refractivity contribution in [1.82, 2.24) is 4.98 Å². The molecule has 1 unspecified atom stereocenters. The normalized spacial score (nSPS) is 17.8. The van der Waals surface area contributed by atoms with Crippen molar-refractivity contribution in [2.75, 3.05) is 7.11 Å². The number of rotatable bonds is 3. The summed E-state index contributed by atoms with van der Waals surface area (Å²) in [5.41, 5.74) is 2.69. The molecule has 1 heterocycles. The molecule has 2 aromatic rings. The van der Waals surface area contributed by atoms with Gasteiger partial charge in [0.2, 0.25) is 0 Å². The van der Waals surface area contributed by atoms with E-state index < -0.39 is 0 Å². The third kappa shape index (κ3) is 2.76. The van der Waals surface area contributed by atoms with Gasteiger partial charge in [0.05, 0.1) is 18.1 Å². The van der Waals surface area contributed by atoms with Gasteiger partial charge in [-0.1, -0.05) is 6.07 Å². The highest BCUT2D eigenvalue weighted by Gasteiger charge is 2.22. The number of pyridine rings is 1. The minimum Gasteiger partial charge on any atom is -0.497 e. The summed E-state index contributed by atoms with van der Waals surface area (Å²) < 4.78 is 5.19. The number of ether oxygens (including phenoxy) is 1. The Balaban J connectivity index is 1.80. The van der Waals surface area contributed by atoms with Gasteiger partial charge in [-0.05, 0) is 55.2 Å². The zero-order valence-electron chi connectivity index (χ0n) is 11.0. The van der Waals surface area contributed by atoms with Gasteiger partial charge >= 0.3 is 0 Å². The third-order valence-electron chi connectivity index (χ3n) is 3.48. The number of nitrogens with zero attached hydrogens (tertiary/aromatic N) is 1. The van der Waals surface area contributed by atoms with Gasteiger partial charge in [0.25, 0.3) is 0 Å². The Morgan fingerprint density at radius 3 is 2.84 bits per heavy atom. The minimum atomic E-state index is 0.485. The molecule has 0 radical (unpaired) electrons. The van der Waals surface area contributed by atoms with E-state index in [1.165, 1.54) is 35.4 Å². The first-order chi connectivity index (χ1) is 9.36. The first-order valence-electron chi connectivity index (χ1n) is 6.61. The van der Waals surface area contributed by atoms with E-state index in [9.17, 15) is 0 Å². The fourth-order valence-electron chi connectivity index (χ4n) is 2.50. The maximum absolute atomic E-state index is 5.19. The second kappa shape index (κ2) is 5.66. The first kappa shape index (κ1) is 12.5. The number of hydrogen-bond donors (Lipinski definition) is 0. The van der Waals surface area contributed by atoms with Crippen molar-refractivity contribution < 1.29 is 4.74 Å². The van der Waals surface area contributed by atoms with Crippen molar-refractivity contribution in [3.8, 4) is 5.75 Å². The number of aryl methyl sites for hydroxylation is 1. The summed E-state index contributed by atoms with van der Waals surface area (Å²) in [6.07, 6.45) is 5.54. The molecule has 1 aliphatic rings. The number of benzene rings is 1. The summed E-state index contributed by atoms with van der Waals surface area (Å²) in [5, 5.41) is 0.485. The van der Waals surface area contributed by atoms with Crippen LogP contribution in [0.2, 0.25) is 0 Å². The van der Waals surface area contributed by atoms with E-state index in [4.69, 9.17) is 4.74 Å². The molecule has 2 nitrogen and oxygen atoms in total. The molecule has 0 amide bonds. The monoisotopic (exact) mass is 271 g/mol. The molecule has 1 aromatic heterocycles. The maximum atomic E-state index is 5.19. The van der Waals surface area contributed by atoms with E-state index in [2.05, 4.69) is 23.2 Å². The largest absolute Gasteiger partial charge is 0.497 e. The van der Waals surface area contributed by atoms with Gasteiger partial charge in [-0.25, -0.2) is 0 Å². The summed E-state index contributed by atoms with van der Waals surface area (Å²) in [7, 11) is 1.70. The zero-order valence-corrected chi connectivity index (χ0v) is 11.8. The maximum Gasteiger partial charge on any atom is 0.118 e. The van der Waals surface area contributed by atoms with Crippen LogP contribution in [0.3, 0.4) is 0 Å². The van der Waals surface area contributed by atoms with Crippen LogP contribution in [-0.4, -0.2) is 12.1 Å². The summed E-state index contributed by atoms with van der Waals surface area (Å²) >= 11 is 1.91. The standard InChI is InChI=1S/C16H17NOS/c1-18-13-7-9-14(10-8-13)19-15-6-2-4-12-5-3-11-17-16(12)15/h3,5,7-11,15H,2,4,6H2,1H3. The molecular weight excluding hydrogens is 254 g/mol. The highest BCUT2D eigenvalue weighted by Crippen LogP contribution is 2.42. The van der Waals surface area contributed by atoms with Gasteiger partial charge in [0.15, 0.2) is 0 Å². The molecule has 0 N–H and O–H groups in total. The van der Waals surface area contributed by atoms with Crippen molar-refractivity contribution in [1.29, 1.82) is 0 Å². The average molecular weight is 271 g/mol. The molecule has 0 saturated carbocycles. The molecular formula is C16H17NOS. The molecule has 1 aliphatic carbocycles. The summed E-state index contributed by atoms with van der Waals surface area (Å²) in [6, 6.07) is 12.5. The summed E-state index contributed by atoms with van der Waals surface area (Å²) in [6.45, 7) is 0. The number of aromatic nitrogens is 1. The average Bonchev–Trinajstić information content (AvgIpc) is 2.48. The van der Waals surface area contributed by atoms with Gasteiger partial charge in [0, 0.05) is 11.1 Å². The van der Waals surface area contributed by atoms with Crippen LogP contribution in [0.4, 0.5) is 0 Å². The van der Waals surface area contributed by atoms with Crippen LogP contribution < -0.4 is 4.74 Å². The molecule has 19 heavy (non-hydrogen) atoms. The molecule has 0 aliphatic heterocycles. The van der Waals surface area contributed by atoms with Crippen molar-refractivity contribution in [3.05, 3.63) is 53.9 Å². The molecule has 3 heteroatoms. The Kier molecular flexibility index (Phi) is 3.74. The van der Waals surface area contributed by atoms with Crippen LogP contribution in [-0.2, 0) is 6.42 Å². The second-order valence-corrected chi connectivity index (χ2v) is 6.00. The molecule has 1 atom stereocenters. The van der Waals surface area contributed by atoms with E-state index in [1.54, 1.807) is 7.11 Å². The topological polar surface area (TPSA) is 22.1 Å². The third-order valence-corrected chi connectivity index (χ3v) is 4.77. The lowest BCUT2D eigenvalue weighted by atomic mass is 9.96. The van der Waals surface area contributed by atoms with E-state index in [-0.39, 0.29) is 0 Å². The van der Waals surface area contributed by atoms with Gasteiger partial charge < -0.3 is 4.74 Å². The zero-order chi connectivity index (χ0) is 13.1. The Morgan fingerprint density at radius 1 is 1.21 bits per heavy atom. The predicted octanol–water partition coefficient (Wildman–Crippen LogP) is 4.26. The van der Waals surface area contributed by atoms with E-state index in [0.29, 0.717) is 5.25 Å². The van der Waals surface area contributed by atoms with Gasteiger partial charge in [-0.15, -0.1) is 11.8 Å². The lowest BCUT2D eigenvalue weighted by Gasteiger charge is -2.23. The lowest BCUT2D eigenvalue weighted by Crippen LogP contribution is -2.08. The van der Waals surface area contributed by atoms with E-state index >= 15 is 0 Å². The summed E-state index contributed by atoms with van der Waals surface area (Å²) in [4.78, 5) is 5.87. The first-order valence-corrected chi connectivity index (χ1v) is 7.49. The second-order valence-electron chi connectivity index (χ2n) is 4.72. The Morgan fingerprint density at radius 2 is 2.05 bits per heavy atom. The molecule has 0 saturated heterocycles. The molecule has 1 aromatic carbocycles. The van der Waals surface area contributed by atoms with Crippen LogP contribution in [0.25, 0.3) is 0 Å². The van der Waals surface area contributed by atoms with E-state index in [1.807, 2.05) is 36.2 Å². The molecule has 0 spiro atoms. The molecule has 0 fully saturated rings. The van der Waals surface area contributed by atoms with Crippen LogP contribution in [0.15, 0.2) is 47.5 Å². The predicted molar refractivity (Wildman–Crippen MR) is 78.8 cm³/mol. The Labute approximate surface area is 118 Å². The molecule has 3 rings (SSSR count). The van der Waals surface area contributed by atoms with E-state index in [0.717, 1.165) is 5.75 Å². The van der Waals surface area contributed by atoms with Crippen molar-refractivity contribution >= 4 is 11.8 Å². The van der Waals surface area contributed by atoms with Crippen molar-refractivity contribution in [2.24, 2.45) is 0 Å². The number of fused-ring (bicyclic) bond motifs is 1. The van der Waals surface area contributed by atoms with Gasteiger partial charge in [0.1, 0.15) is 5.75 Å². The highest BCUT2D eigenvalue weighted by atomic mass is 32.2. The quantitative estimate of drug-likeness (QED) is 0.832. The number of methoxy groups -OCH3 is 1. The fourth-order valence-corrected chi connectivity index (χ4v) is 3.73. The molecule has 98 valence electrons. The van der Waals surface area contributed by atoms with Crippen molar-refractivity contribution in [2.45, 2.75) is 29.4 Å². The lowest BCUT2D eigenvalue weighted by molar-refractivity contribution is 0.414. The smallest absolute Gasteiger partial charge is 0.118 e. The van der Waals surface area contributed by atoms with Crippen molar-refractivity contribution in [3.63, 3.8) is 0 Å². The van der Waals surface area contributed by atoms with Crippen LogP contribution >= 0.6 is 11.8 Å². The Hall–Kier alpha value is -1.48.